The summed E-state index contributed by atoms with van der Waals surface area (Å²) in [7, 11) is -3.24. The number of aryl methyl sites for hydroxylation is 1. The van der Waals surface area contributed by atoms with Crippen LogP contribution in [0.15, 0.2) is 30.5 Å². The van der Waals surface area contributed by atoms with Crippen LogP contribution in [0, 0.1) is 0 Å². The Hall–Kier alpha value is -2.12. The van der Waals surface area contributed by atoms with Crippen molar-refractivity contribution in [3.63, 3.8) is 0 Å². The van der Waals surface area contributed by atoms with Gasteiger partial charge in [-0.3, -0.25) is 0 Å². The Bertz CT molecular complexity index is 788. The fraction of sp³-hybridized carbons (Fsp3) is 0.267. The van der Waals surface area contributed by atoms with Gasteiger partial charge in [-0.1, -0.05) is 19.1 Å². The molecule has 5 N–H and O–H groups in total. The van der Waals surface area contributed by atoms with E-state index in [0.717, 1.165) is 34.9 Å². The normalized spacial score (nSPS) is 11.5. The van der Waals surface area contributed by atoms with E-state index in [4.69, 9.17) is 11.5 Å². The summed E-state index contributed by atoms with van der Waals surface area (Å²) in [4.78, 5) is 3.96. The highest BCUT2D eigenvalue weighted by Gasteiger charge is 2.09. The highest BCUT2D eigenvalue weighted by molar-refractivity contribution is 7.88. The van der Waals surface area contributed by atoms with Gasteiger partial charge in [0.25, 0.3) is 0 Å². The molecule has 7 heteroatoms. The van der Waals surface area contributed by atoms with E-state index in [1.807, 2.05) is 25.1 Å². The number of anilines is 2. The second-order valence-electron chi connectivity index (χ2n) is 5.14. The van der Waals surface area contributed by atoms with Gasteiger partial charge in [0.15, 0.2) is 0 Å². The number of rotatable bonds is 5. The Morgan fingerprint density at radius 3 is 2.50 bits per heavy atom. The number of nitrogens with two attached hydrogens (primary N) is 2. The van der Waals surface area contributed by atoms with Crippen LogP contribution in [0.4, 0.5) is 11.5 Å². The van der Waals surface area contributed by atoms with E-state index in [1.54, 1.807) is 12.3 Å². The van der Waals surface area contributed by atoms with Gasteiger partial charge in [0.1, 0.15) is 5.82 Å². The molecule has 6 nitrogen and oxygen atoms in total. The van der Waals surface area contributed by atoms with Gasteiger partial charge in [-0.25, -0.2) is 18.1 Å². The maximum atomic E-state index is 11.3. The second kappa shape index (κ2) is 6.33. The first-order valence-electron chi connectivity index (χ1n) is 6.88. The fourth-order valence-electron chi connectivity index (χ4n) is 2.18. The lowest BCUT2D eigenvalue weighted by Crippen LogP contribution is -2.21. The molecule has 22 heavy (non-hydrogen) atoms. The number of pyridine rings is 1. The van der Waals surface area contributed by atoms with Gasteiger partial charge < -0.3 is 11.5 Å². The van der Waals surface area contributed by atoms with E-state index >= 15 is 0 Å². The maximum Gasteiger partial charge on any atom is 0.209 e. The Kier molecular flexibility index (Phi) is 4.68. The number of hydrogen-bond acceptors (Lipinski definition) is 5. The number of nitrogens with zero attached hydrogens (tertiary/aromatic N) is 1. The van der Waals surface area contributed by atoms with Gasteiger partial charge in [0.2, 0.25) is 10.0 Å². The summed E-state index contributed by atoms with van der Waals surface area (Å²) in [6.45, 7) is 2.28. The largest absolute Gasteiger partial charge is 0.395 e. The van der Waals surface area contributed by atoms with E-state index in [-0.39, 0.29) is 12.4 Å². The number of hydrogen-bond donors (Lipinski definition) is 3. The molecule has 0 saturated heterocycles. The van der Waals surface area contributed by atoms with Crippen molar-refractivity contribution in [1.29, 1.82) is 0 Å². The standard InChI is InChI=1S/C15H20N4O2S/c1-3-10-6-11(9-19-22(2,20)21)8-12(7-10)13-4-5-18-15(17)14(13)16/h4-8,19H,3,9,16H2,1-2H3,(H2,17,18). The molecular weight excluding hydrogens is 300 g/mol. The number of sulfonamides is 1. The highest BCUT2D eigenvalue weighted by atomic mass is 32.2. The van der Waals surface area contributed by atoms with E-state index < -0.39 is 10.0 Å². The summed E-state index contributed by atoms with van der Waals surface area (Å²) in [5.74, 6) is 0.287. The zero-order chi connectivity index (χ0) is 16.3. The lowest BCUT2D eigenvalue weighted by atomic mass is 9.98. The third-order valence-electron chi connectivity index (χ3n) is 3.33. The monoisotopic (exact) mass is 320 g/mol. The molecule has 0 bridgehead atoms. The van der Waals surface area contributed by atoms with Gasteiger partial charge in [-0.15, -0.1) is 0 Å². The van der Waals surface area contributed by atoms with Crippen molar-refractivity contribution in [2.45, 2.75) is 19.9 Å². The summed E-state index contributed by atoms with van der Waals surface area (Å²) in [6.07, 6.45) is 3.58. The van der Waals surface area contributed by atoms with Crippen molar-refractivity contribution in [3.8, 4) is 11.1 Å². The number of nitrogen functional groups attached to an aromatic ring is 2. The molecule has 0 radical (unpaired) electrons. The molecule has 0 unspecified atom stereocenters. The Morgan fingerprint density at radius 2 is 1.86 bits per heavy atom. The molecule has 0 saturated carbocycles. The van der Waals surface area contributed by atoms with Gasteiger partial charge in [0.05, 0.1) is 11.9 Å². The smallest absolute Gasteiger partial charge is 0.209 e. The van der Waals surface area contributed by atoms with Crippen molar-refractivity contribution >= 4 is 21.5 Å². The van der Waals surface area contributed by atoms with Crippen LogP contribution in [0.2, 0.25) is 0 Å². The van der Waals surface area contributed by atoms with Crippen molar-refractivity contribution in [2.75, 3.05) is 17.7 Å². The minimum absolute atomic E-state index is 0.236. The zero-order valence-electron chi connectivity index (χ0n) is 12.6. The average molecular weight is 320 g/mol. The molecule has 118 valence electrons. The summed E-state index contributed by atoms with van der Waals surface area (Å²) < 4.78 is 25.0. The van der Waals surface area contributed by atoms with Gasteiger partial charge >= 0.3 is 0 Å². The zero-order valence-corrected chi connectivity index (χ0v) is 13.4. The molecule has 1 aromatic heterocycles. The predicted octanol–water partition coefficient (Wildman–Crippen LogP) is 1.52. The lowest BCUT2D eigenvalue weighted by molar-refractivity contribution is 0.587. The molecule has 0 aliphatic carbocycles. The molecular formula is C15H20N4O2S. The van der Waals surface area contributed by atoms with Crippen molar-refractivity contribution in [1.82, 2.24) is 9.71 Å². The summed E-state index contributed by atoms with van der Waals surface area (Å²) >= 11 is 0. The van der Waals surface area contributed by atoms with Crippen molar-refractivity contribution < 1.29 is 8.42 Å². The van der Waals surface area contributed by atoms with E-state index in [0.29, 0.717) is 5.69 Å². The van der Waals surface area contributed by atoms with E-state index in [2.05, 4.69) is 9.71 Å². The topological polar surface area (TPSA) is 111 Å². The molecule has 0 atom stereocenters. The van der Waals surface area contributed by atoms with E-state index in [9.17, 15) is 8.42 Å². The van der Waals surface area contributed by atoms with Crippen LogP contribution in [0.25, 0.3) is 11.1 Å². The highest BCUT2D eigenvalue weighted by Crippen LogP contribution is 2.30. The molecule has 1 heterocycles. The average Bonchev–Trinajstić information content (AvgIpc) is 2.47. The quantitative estimate of drug-likeness (QED) is 0.773. The van der Waals surface area contributed by atoms with Crippen LogP contribution in [0.5, 0.6) is 0 Å². The van der Waals surface area contributed by atoms with Gasteiger partial charge in [0, 0.05) is 18.3 Å². The predicted molar refractivity (Wildman–Crippen MR) is 89.6 cm³/mol. The van der Waals surface area contributed by atoms with E-state index in [1.165, 1.54) is 0 Å². The Labute approximate surface area is 130 Å². The number of nitrogens with one attached hydrogen (secondary N) is 1. The molecule has 0 aliphatic rings. The van der Waals surface area contributed by atoms with Gasteiger partial charge in [-0.2, -0.15) is 0 Å². The number of benzene rings is 1. The fourth-order valence-corrected chi connectivity index (χ4v) is 2.61. The summed E-state index contributed by atoms with van der Waals surface area (Å²) in [5, 5.41) is 0. The first-order valence-corrected chi connectivity index (χ1v) is 8.77. The lowest BCUT2D eigenvalue weighted by Gasteiger charge is -2.12. The molecule has 2 aromatic rings. The third kappa shape index (κ3) is 3.96. The molecule has 0 spiro atoms. The van der Waals surface area contributed by atoms with Crippen LogP contribution >= 0.6 is 0 Å². The van der Waals surface area contributed by atoms with Crippen molar-refractivity contribution in [2.24, 2.45) is 0 Å². The Morgan fingerprint density at radius 1 is 1.18 bits per heavy atom. The van der Waals surface area contributed by atoms with Crippen LogP contribution in [-0.4, -0.2) is 19.7 Å². The Balaban J connectivity index is 2.45. The van der Waals surface area contributed by atoms with Crippen LogP contribution in [0.3, 0.4) is 0 Å². The van der Waals surface area contributed by atoms with Crippen molar-refractivity contribution in [3.05, 3.63) is 41.6 Å². The third-order valence-corrected chi connectivity index (χ3v) is 4.00. The summed E-state index contributed by atoms with van der Waals surface area (Å²) in [5.41, 5.74) is 15.8. The van der Waals surface area contributed by atoms with Crippen LogP contribution in [-0.2, 0) is 23.0 Å². The minimum atomic E-state index is -3.24. The molecule has 0 fully saturated rings. The van der Waals surface area contributed by atoms with Crippen LogP contribution in [0.1, 0.15) is 18.1 Å². The number of aromatic nitrogens is 1. The minimum Gasteiger partial charge on any atom is -0.395 e. The maximum absolute atomic E-state index is 11.3. The first kappa shape index (κ1) is 16.3. The molecule has 0 amide bonds. The SMILES string of the molecule is CCc1cc(CNS(C)(=O)=O)cc(-c2ccnc(N)c2N)c1. The molecule has 0 aliphatic heterocycles. The molecule has 2 rings (SSSR count). The van der Waals surface area contributed by atoms with Crippen LogP contribution < -0.4 is 16.2 Å². The second-order valence-corrected chi connectivity index (χ2v) is 6.98. The first-order chi connectivity index (χ1) is 10.3. The summed E-state index contributed by atoms with van der Waals surface area (Å²) in [6, 6.07) is 7.70. The van der Waals surface area contributed by atoms with Gasteiger partial charge in [-0.05, 0) is 35.2 Å². The molecule has 1 aromatic carbocycles.